The van der Waals surface area contributed by atoms with Gasteiger partial charge in [-0.25, -0.2) is 8.78 Å². The van der Waals surface area contributed by atoms with Crippen LogP contribution in [0, 0.1) is 18.6 Å². The highest BCUT2D eigenvalue weighted by molar-refractivity contribution is 5.50. The predicted molar refractivity (Wildman–Crippen MR) is 77.7 cm³/mol. The molecule has 2 N–H and O–H groups in total. The lowest BCUT2D eigenvalue weighted by molar-refractivity contribution is 0.504. The summed E-state index contributed by atoms with van der Waals surface area (Å²) >= 11 is 0. The Kier molecular flexibility index (Phi) is 4.35. The fourth-order valence-corrected chi connectivity index (χ4v) is 2.26. The molecule has 2 aromatic rings. The van der Waals surface area contributed by atoms with Crippen molar-refractivity contribution in [3.8, 4) is 0 Å². The maximum absolute atomic E-state index is 13.4. The normalized spacial score (nSPS) is 12.2. The first-order chi connectivity index (χ1) is 9.52. The second kappa shape index (κ2) is 6.01. The number of nitrogens with zero attached hydrogens (tertiary/aromatic N) is 1. The van der Waals surface area contributed by atoms with Crippen molar-refractivity contribution in [1.82, 2.24) is 0 Å². The maximum Gasteiger partial charge on any atom is 0.159 e. The molecule has 0 saturated carbocycles. The molecule has 2 rings (SSSR count). The quantitative estimate of drug-likeness (QED) is 0.927. The monoisotopic (exact) mass is 276 g/mol. The minimum atomic E-state index is -0.849. The fraction of sp³-hybridized carbons (Fsp3) is 0.250. The fourth-order valence-electron chi connectivity index (χ4n) is 2.26. The zero-order valence-corrected chi connectivity index (χ0v) is 11.6. The Hall–Kier alpha value is -1.94. The molecule has 1 atom stereocenters. The van der Waals surface area contributed by atoms with Crippen LogP contribution in [0.3, 0.4) is 0 Å². The molecular weight excluding hydrogens is 258 g/mol. The molecule has 4 heteroatoms. The van der Waals surface area contributed by atoms with Crippen LogP contribution in [0.2, 0.25) is 0 Å². The highest BCUT2D eigenvalue weighted by Crippen LogP contribution is 2.26. The van der Waals surface area contributed by atoms with Crippen LogP contribution in [0.4, 0.5) is 14.5 Å². The lowest BCUT2D eigenvalue weighted by atomic mass is 10.0. The van der Waals surface area contributed by atoms with E-state index in [1.54, 1.807) is 6.07 Å². The van der Waals surface area contributed by atoms with Crippen LogP contribution in [-0.2, 0) is 0 Å². The summed E-state index contributed by atoms with van der Waals surface area (Å²) in [5.41, 5.74) is 8.60. The van der Waals surface area contributed by atoms with Crippen molar-refractivity contribution in [2.75, 3.05) is 18.5 Å². The number of nitrogens with two attached hydrogens (primary N) is 1. The molecule has 0 spiro atoms. The van der Waals surface area contributed by atoms with Gasteiger partial charge in [-0.1, -0.05) is 18.2 Å². The Morgan fingerprint density at radius 1 is 1.10 bits per heavy atom. The zero-order valence-electron chi connectivity index (χ0n) is 11.6. The Morgan fingerprint density at radius 2 is 1.85 bits per heavy atom. The summed E-state index contributed by atoms with van der Waals surface area (Å²) < 4.78 is 26.4. The molecular formula is C16H18F2N2. The van der Waals surface area contributed by atoms with Crippen LogP contribution in [0.5, 0.6) is 0 Å². The van der Waals surface area contributed by atoms with Crippen molar-refractivity contribution in [2.45, 2.75) is 13.0 Å². The molecule has 0 saturated heterocycles. The van der Waals surface area contributed by atoms with Gasteiger partial charge < -0.3 is 10.6 Å². The average Bonchev–Trinajstić information content (AvgIpc) is 2.43. The molecule has 2 nitrogen and oxygen atoms in total. The SMILES string of the molecule is Cc1cccc(N(C)C(CN)c2ccc(F)c(F)c2)c1. The van der Waals surface area contributed by atoms with Crippen molar-refractivity contribution < 1.29 is 8.78 Å². The van der Waals surface area contributed by atoms with Crippen molar-refractivity contribution in [3.63, 3.8) is 0 Å². The molecule has 0 aliphatic carbocycles. The number of aryl methyl sites for hydroxylation is 1. The van der Waals surface area contributed by atoms with Crippen molar-refractivity contribution in [2.24, 2.45) is 5.73 Å². The largest absolute Gasteiger partial charge is 0.366 e. The summed E-state index contributed by atoms with van der Waals surface area (Å²) in [6.45, 7) is 2.32. The van der Waals surface area contributed by atoms with Gasteiger partial charge in [0.15, 0.2) is 11.6 Å². The number of likely N-dealkylation sites (N-methyl/N-ethyl adjacent to an activating group) is 1. The van der Waals surface area contributed by atoms with Gasteiger partial charge in [0, 0.05) is 19.3 Å². The number of rotatable bonds is 4. The molecule has 0 amide bonds. The van der Waals surface area contributed by atoms with E-state index in [1.165, 1.54) is 6.07 Å². The first-order valence-corrected chi connectivity index (χ1v) is 6.47. The van der Waals surface area contributed by atoms with Gasteiger partial charge in [0.25, 0.3) is 0 Å². The van der Waals surface area contributed by atoms with E-state index in [-0.39, 0.29) is 6.04 Å². The number of hydrogen-bond acceptors (Lipinski definition) is 2. The van der Waals surface area contributed by atoms with Gasteiger partial charge >= 0.3 is 0 Å². The highest BCUT2D eigenvalue weighted by atomic mass is 19.2. The van der Waals surface area contributed by atoms with Gasteiger partial charge in [-0.2, -0.15) is 0 Å². The van der Waals surface area contributed by atoms with Crippen LogP contribution < -0.4 is 10.6 Å². The second-order valence-corrected chi connectivity index (χ2v) is 4.87. The lowest BCUT2D eigenvalue weighted by Crippen LogP contribution is -2.30. The zero-order chi connectivity index (χ0) is 14.7. The van der Waals surface area contributed by atoms with Crippen LogP contribution in [0.1, 0.15) is 17.2 Å². The molecule has 0 aliphatic rings. The van der Waals surface area contributed by atoms with Gasteiger partial charge in [0.1, 0.15) is 0 Å². The van der Waals surface area contributed by atoms with E-state index in [1.807, 2.05) is 43.1 Å². The molecule has 106 valence electrons. The maximum atomic E-state index is 13.4. The van der Waals surface area contributed by atoms with Crippen LogP contribution in [0.25, 0.3) is 0 Å². The molecule has 1 unspecified atom stereocenters. The van der Waals surface area contributed by atoms with Gasteiger partial charge in [0.05, 0.1) is 6.04 Å². The number of halogens is 2. The topological polar surface area (TPSA) is 29.3 Å². The molecule has 2 aromatic carbocycles. The van der Waals surface area contributed by atoms with Gasteiger partial charge in [-0.05, 0) is 42.3 Å². The number of hydrogen-bond donors (Lipinski definition) is 1. The van der Waals surface area contributed by atoms with Crippen LogP contribution in [-0.4, -0.2) is 13.6 Å². The Morgan fingerprint density at radius 3 is 2.45 bits per heavy atom. The smallest absolute Gasteiger partial charge is 0.159 e. The van der Waals surface area contributed by atoms with E-state index >= 15 is 0 Å². The molecule has 20 heavy (non-hydrogen) atoms. The van der Waals surface area contributed by atoms with Crippen molar-refractivity contribution >= 4 is 5.69 Å². The predicted octanol–water partition coefficient (Wildman–Crippen LogP) is 3.41. The molecule has 0 aliphatic heterocycles. The van der Waals surface area contributed by atoms with E-state index < -0.39 is 11.6 Å². The molecule has 0 aromatic heterocycles. The van der Waals surface area contributed by atoms with E-state index in [4.69, 9.17) is 5.73 Å². The molecule has 0 heterocycles. The Bertz CT molecular complexity index is 599. The van der Waals surface area contributed by atoms with E-state index in [0.29, 0.717) is 12.1 Å². The summed E-state index contributed by atoms with van der Waals surface area (Å²) in [6, 6.07) is 11.7. The third kappa shape index (κ3) is 2.96. The highest BCUT2D eigenvalue weighted by Gasteiger charge is 2.17. The summed E-state index contributed by atoms with van der Waals surface area (Å²) in [4.78, 5) is 1.97. The van der Waals surface area contributed by atoms with Crippen LogP contribution in [0.15, 0.2) is 42.5 Å². The Labute approximate surface area is 117 Å². The molecule has 0 bridgehead atoms. The lowest BCUT2D eigenvalue weighted by Gasteiger charge is -2.29. The van der Waals surface area contributed by atoms with E-state index in [0.717, 1.165) is 17.3 Å². The van der Waals surface area contributed by atoms with Gasteiger partial charge in [-0.15, -0.1) is 0 Å². The minimum absolute atomic E-state index is 0.202. The first-order valence-electron chi connectivity index (χ1n) is 6.47. The summed E-state index contributed by atoms with van der Waals surface area (Å²) in [6.07, 6.45) is 0. The first kappa shape index (κ1) is 14.5. The van der Waals surface area contributed by atoms with E-state index in [9.17, 15) is 8.78 Å². The van der Waals surface area contributed by atoms with E-state index in [2.05, 4.69) is 0 Å². The number of anilines is 1. The third-order valence-corrected chi connectivity index (χ3v) is 3.43. The van der Waals surface area contributed by atoms with Gasteiger partial charge in [-0.3, -0.25) is 0 Å². The number of benzene rings is 2. The summed E-state index contributed by atoms with van der Waals surface area (Å²) in [5.74, 6) is -1.69. The van der Waals surface area contributed by atoms with Crippen molar-refractivity contribution in [3.05, 3.63) is 65.2 Å². The Balaban J connectivity index is 2.33. The average molecular weight is 276 g/mol. The third-order valence-electron chi connectivity index (χ3n) is 3.43. The summed E-state index contributed by atoms with van der Waals surface area (Å²) in [7, 11) is 1.90. The van der Waals surface area contributed by atoms with Gasteiger partial charge in [0.2, 0.25) is 0 Å². The minimum Gasteiger partial charge on any atom is -0.366 e. The second-order valence-electron chi connectivity index (χ2n) is 4.87. The van der Waals surface area contributed by atoms with Crippen LogP contribution >= 0.6 is 0 Å². The summed E-state index contributed by atoms with van der Waals surface area (Å²) in [5, 5.41) is 0. The van der Waals surface area contributed by atoms with Crippen molar-refractivity contribution in [1.29, 1.82) is 0 Å². The standard InChI is InChI=1S/C16H18F2N2/c1-11-4-3-5-13(8-11)20(2)16(10-19)12-6-7-14(17)15(18)9-12/h3-9,16H,10,19H2,1-2H3. The molecule has 0 radical (unpaired) electrons. The molecule has 0 fully saturated rings.